The van der Waals surface area contributed by atoms with E-state index in [0.29, 0.717) is 6.61 Å². The van der Waals surface area contributed by atoms with Crippen molar-refractivity contribution in [1.82, 2.24) is 4.57 Å². The van der Waals surface area contributed by atoms with Gasteiger partial charge in [-0.1, -0.05) is 82.0 Å². The second-order valence-corrected chi connectivity index (χ2v) is 7.76. The van der Waals surface area contributed by atoms with Gasteiger partial charge in [-0.05, 0) is 42.2 Å². The lowest BCUT2D eigenvalue weighted by molar-refractivity contribution is -0.137. The second-order valence-electron chi connectivity index (χ2n) is 7.76. The molecule has 30 heavy (non-hydrogen) atoms. The molecule has 1 heterocycles. The molecule has 0 saturated carbocycles. The topological polar surface area (TPSA) is 31.2 Å². The number of nitrogens with zero attached hydrogens (tertiary/aromatic N) is 1. The lowest BCUT2D eigenvalue weighted by Crippen LogP contribution is -2.03. The molecule has 3 rings (SSSR count). The highest BCUT2D eigenvalue weighted by molar-refractivity contribution is 5.94. The van der Waals surface area contributed by atoms with Crippen LogP contribution in [0.3, 0.4) is 0 Å². The molecule has 0 bridgehead atoms. The van der Waals surface area contributed by atoms with Gasteiger partial charge in [0, 0.05) is 29.2 Å². The van der Waals surface area contributed by atoms with Gasteiger partial charge in [0.25, 0.3) is 0 Å². The second kappa shape index (κ2) is 11.4. The molecule has 158 valence electrons. The van der Waals surface area contributed by atoms with E-state index in [-0.39, 0.29) is 5.97 Å². The van der Waals surface area contributed by atoms with Gasteiger partial charge in [0.2, 0.25) is 0 Å². The first kappa shape index (κ1) is 21.9. The molecular weight excluding hydrogens is 370 g/mol. The summed E-state index contributed by atoms with van der Waals surface area (Å²) in [5.74, 6) is -0.262. The Kier molecular flexibility index (Phi) is 8.31. The summed E-state index contributed by atoms with van der Waals surface area (Å²) >= 11 is 0. The Morgan fingerprint density at radius 3 is 2.53 bits per heavy atom. The third kappa shape index (κ3) is 5.85. The van der Waals surface area contributed by atoms with Gasteiger partial charge in [0.1, 0.15) is 0 Å². The summed E-state index contributed by atoms with van der Waals surface area (Å²) < 4.78 is 7.73. The molecule has 0 N–H and O–H groups in total. The van der Waals surface area contributed by atoms with Gasteiger partial charge in [-0.15, -0.1) is 0 Å². The van der Waals surface area contributed by atoms with Gasteiger partial charge in [-0.3, -0.25) is 0 Å². The smallest absolute Gasteiger partial charge is 0.330 e. The molecule has 0 unspecified atom stereocenters. The third-order valence-corrected chi connectivity index (χ3v) is 5.50. The number of esters is 1. The summed E-state index contributed by atoms with van der Waals surface area (Å²) in [6.07, 6.45) is 10.2. The first-order valence-corrected chi connectivity index (χ1v) is 11.2. The minimum atomic E-state index is -0.262. The van der Waals surface area contributed by atoms with Crippen molar-refractivity contribution in [3.05, 3.63) is 77.5 Å². The molecular formula is C27H33NO2. The van der Waals surface area contributed by atoms with Crippen LogP contribution in [0.15, 0.2) is 60.7 Å². The average molecular weight is 404 g/mol. The summed E-state index contributed by atoms with van der Waals surface area (Å²) in [4.78, 5) is 12.1. The van der Waals surface area contributed by atoms with Crippen molar-refractivity contribution >= 4 is 22.9 Å². The Morgan fingerprint density at radius 1 is 0.967 bits per heavy atom. The molecule has 0 amide bonds. The average Bonchev–Trinajstić information content (AvgIpc) is 3.13. The van der Waals surface area contributed by atoms with E-state index in [0.717, 1.165) is 31.4 Å². The minimum absolute atomic E-state index is 0.262. The van der Waals surface area contributed by atoms with E-state index in [9.17, 15) is 4.79 Å². The van der Waals surface area contributed by atoms with Crippen molar-refractivity contribution in [3.63, 3.8) is 0 Å². The Morgan fingerprint density at radius 2 is 1.77 bits per heavy atom. The molecule has 3 heteroatoms. The van der Waals surface area contributed by atoms with Crippen molar-refractivity contribution in [3.8, 4) is 0 Å². The number of carbonyl (C=O) groups excluding carboxylic acids is 1. The zero-order valence-corrected chi connectivity index (χ0v) is 18.3. The van der Waals surface area contributed by atoms with E-state index < -0.39 is 0 Å². The molecule has 0 spiro atoms. The van der Waals surface area contributed by atoms with Gasteiger partial charge in [0.05, 0.1) is 6.61 Å². The lowest BCUT2D eigenvalue weighted by atomic mass is 10.1. The molecule has 0 radical (unpaired) electrons. The van der Waals surface area contributed by atoms with Crippen molar-refractivity contribution < 1.29 is 9.53 Å². The van der Waals surface area contributed by atoms with Crippen LogP contribution >= 0.6 is 0 Å². The lowest BCUT2D eigenvalue weighted by Gasteiger charge is -2.10. The summed E-state index contributed by atoms with van der Waals surface area (Å²) in [6, 6.07) is 19.0. The third-order valence-electron chi connectivity index (χ3n) is 5.50. The van der Waals surface area contributed by atoms with Gasteiger partial charge in [-0.25, -0.2) is 4.79 Å². The molecule has 0 aliphatic heterocycles. The number of ether oxygens (including phenoxy) is 1. The van der Waals surface area contributed by atoms with Crippen LogP contribution in [-0.2, 0) is 22.5 Å². The Labute approximate surface area is 180 Å². The fourth-order valence-electron chi connectivity index (χ4n) is 3.84. The molecule has 0 fully saturated rings. The molecule has 0 atom stereocenters. The van der Waals surface area contributed by atoms with Crippen LogP contribution in [0.4, 0.5) is 0 Å². The van der Waals surface area contributed by atoms with Gasteiger partial charge in [-0.2, -0.15) is 0 Å². The maximum atomic E-state index is 12.1. The van der Waals surface area contributed by atoms with Gasteiger partial charge >= 0.3 is 5.97 Å². The normalized spacial score (nSPS) is 11.4. The number of benzene rings is 2. The zero-order valence-electron chi connectivity index (χ0n) is 18.3. The molecule has 2 aromatic carbocycles. The first-order valence-electron chi connectivity index (χ1n) is 11.2. The fraction of sp³-hybridized carbons (Fsp3) is 0.370. The van der Waals surface area contributed by atoms with Crippen molar-refractivity contribution in [2.75, 3.05) is 6.61 Å². The minimum Gasteiger partial charge on any atom is -0.463 e. The maximum absolute atomic E-state index is 12.1. The molecule has 1 aromatic heterocycles. The molecule has 0 aliphatic carbocycles. The van der Waals surface area contributed by atoms with E-state index in [1.807, 2.05) is 12.1 Å². The number of fused-ring (bicyclic) bond motifs is 1. The van der Waals surface area contributed by atoms with Crippen molar-refractivity contribution in [2.45, 2.75) is 58.9 Å². The summed E-state index contributed by atoms with van der Waals surface area (Å²) in [6.45, 7) is 5.74. The summed E-state index contributed by atoms with van der Waals surface area (Å²) in [7, 11) is 0. The highest BCUT2D eigenvalue weighted by Crippen LogP contribution is 2.26. The predicted molar refractivity (Wildman–Crippen MR) is 126 cm³/mol. The van der Waals surface area contributed by atoms with Crippen LogP contribution < -0.4 is 0 Å². The van der Waals surface area contributed by atoms with Crippen molar-refractivity contribution in [1.29, 1.82) is 0 Å². The van der Waals surface area contributed by atoms with E-state index in [1.54, 1.807) is 6.08 Å². The molecule has 3 nitrogen and oxygen atoms in total. The van der Waals surface area contributed by atoms with Crippen LogP contribution in [0.5, 0.6) is 0 Å². The number of rotatable bonds is 11. The first-order chi connectivity index (χ1) is 14.7. The SMILES string of the molecule is CCCCCCCOC(=O)/C=C/c1cccc2c1cc(CC)n2Cc1ccccc1. The number of aryl methyl sites for hydroxylation is 1. The van der Waals surface area contributed by atoms with E-state index in [2.05, 4.69) is 66.9 Å². The Bertz CT molecular complexity index is 969. The molecule has 0 saturated heterocycles. The van der Waals surface area contributed by atoms with Crippen LogP contribution in [0.1, 0.15) is 62.8 Å². The molecule has 0 aliphatic rings. The van der Waals surface area contributed by atoms with E-state index >= 15 is 0 Å². The monoisotopic (exact) mass is 403 g/mol. The molecule has 3 aromatic rings. The van der Waals surface area contributed by atoms with Gasteiger partial charge < -0.3 is 9.30 Å². The number of hydrogen-bond donors (Lipinski definition) is 0. The number of unbranched alkanes of at least 4 members (excludes halogenated alkanes) is 4. The van der Waals surface area contributed by atoms with Crippen LogP contribution in [0, 0.1) is 0 Å². The van der Waals surface area contributed by atoms with Crippen LogP contribution in [0.25, 0.3) is 17.0 Å². The number of aromatic nitrogens is 1. The quantitative estimate of drug-likeness (QED) is 0.201. The van der Waals surface area contributed by atoms with Crippen molar-refractivity contribution in [2.24, 2.45) is 0 Å². The van der Waals surface area contributed by atoms with Gasteiger partial charge in [0.15, 0.2) is 0 Å². The number of carbonyl (C=O) groups is 1. The Balaban J connectivity index is 1.71. The summed E-state index contributed by atoms with van der Waals surface area (Å²) in [5, 5.41) is 1.17. The number of hydrogen-bond acceptors (Lipinski definition) is 2. The van der Waals surface area contributed by atoms with E-state index in [1.165, 1.54) is 41.4 Å². The largest absolute Gasteiger partial charge is 0.463 e. The predicted octanol–water partition coefficient (Wildman–Crippen LogP) is 6.78. The highest BCUT2D eigenvalue weighted by atomic mass is 16.5. The highest BCUT2D eigenvalue weighted by Gasteiger charge is 2.10. The standard InChI is InChI=1S/C27H33NO2/c1-3-5-6-7-11-19-30-27(29)18-17-23-15-12-16-26-25(23)20-24(4-2)28(26)21-22-13-9-8-10-14-22/h8-10,12-18,20H,3-7,11,19,21H2,1-2H3/b18-17+. The fourth-order valence-corrected chi connectivity index (χ4v) is 3.84. The van der Waals surface area contributed by atoms with Crippen LogP contribution in [0.2, 0.25) is 0 Å². The summed E-state index contributed by atoms with van der Waals surface area (Å²) in [5.41, 5.74) is 4.83. The maximum Gasteiger partial charge on any atom is 0.330 e. The van der Waals surface area contributed by atoms with E-state index in [4.69, 9.17) is 4.74 Å². The zero-order chi connectivity index (χ0) is 21.2. The van der Waals surface area contributed by atoms with Crippen LogP contribution in [-0.4, -0.2) is 17.1 Å². The Hall–Kier alpha value is -2.81.